The fourth-order valence-electron chi connectivity index (χ4n) is 7.77. The highest BCUT2D eigenvalue weighted by Crippen LogP contribution is 2.56. The van der Waals surface area contributed by atoms with Crippen molar-refractivity contribution in [1.82, 2.24) is 9.80 Å². The zero-order valence-corrected chi connectivity index (χ0v) is 28.4. The number of carbonyl (C=O) groups excluding carboxylic acids is 4. The lowest BCUT2D eigenvalue weighted by Crippen LogP contribution is -2.58. The Hall–Kier alpha value is -3.99. The Morgan fingerprint density at radius 3 is 2.48 bits per heavy atom. The van der Waals surface area contributed by atoms with Crippen molar-refractivity contribution < 1.29 is 33.8 Å². The number of anilines is 1. The smallest absolute Gasteiger partial charge is 0.313 e. The SMILES string of the molecule is CC[C@@H](CO)N1C(=O)[C@H]2[C@@H]3C(=O)O[C@H](c4ccccc4)[C@@H](C)N(C)C(=O)CC/C=C\CN(c4c(C)cccc4Cl)C(=O)[C@H]1[C@@]21C=C[C@@H]3O1. The van der Waals surface area contributed by atoms with E-state index in [2.05, 4.69) is 0 Å². The number of rotatable bonds is 5. The lowest BCUT2D eigenvalue weighted by molar-refractivity contribution is -0.164. The van der Waals surface area contributed by atoms with Crippen molar-refractivity contribution in [2.45, 2.75) is 76.0 Å². The molecule has 2 aromatic carbocycles. The van der Waals surface area contributed by atoms with Crippen LogP contribution in [0.25, 0.3) is 0 Å². The Morgan fingerprint density at radius 2 is 1.79 bits per heavy atom. The fourth-order valence-corrected chi connectivity index (χ4v) is 8.09. The number of ether oxygens (including phenoxy) is 2. The number of aryl methyl sites for hydroxylation is 1. The number of benzene rings is 2. The number of hydrogen-bond acceptors (Lipinski definition) is 7. The van der Waals surface area contributed by atoms with E-state index in [9.17, 15) is 19.5 Å². The normalized spacial score (nSPS) is 32.1. The fraction of sp³-hybridized carbons (Fsp3) is 0.459. The number of carbonyl (C=O) groups is 4. The van der Waals surface area contributed by atoms with Crippen molar-refractivity contribution in [3.05, 3.63) is 89.0 Å². The summed E-state index contributed by atoms with van der Waals surface area (Å²) in [5.41, 5.74) is 0.464. The summed E-state index contributed by atoms with van der Waals surface area (Å²) >= 11 is 6.73. The minimum atomic E-state index is -1.48. The molecule has 1 spiro atoms. The molecule has 4 heterocycles. The predicted molar refractivity (Wildman–Crippen MR) is 180 cm³/mol. The van der Waals surface area contributed by atoms with E-state index in [1.54, 1.807) is 36.2 Å². The molecular formula is C37H42ClN3O7. The Bertz CT molecular complexity index is 1620. The first-order valence-corrected chi connectivity index (χ1v) is 17.0. The third kappa shape index (κ3) is 5.53. The second-order valence-corrected chi connectivity index (χ2v) is 13.5. The van der Waals surface area contributed by atoms with Crippen molar-refractivity contribution in [2.75, 3.05) is 25.1 Å². The summed E-state index contributed by atoms with van der Waals surface area (Å²) in [6.07, 6.45) is 6.49. The Balaban J connectivity index is 1.50. The van der Waals surface area contributed by atoms with Gasteiger partial charge in [-0.15, -0.1) is 0 Å². The number of likely N-dealkylation sites (tertiary alicyclic amines) is 1. The molecule has 0 aromatic heterocycles. The van der Waals surface area contributed by atoms with Crippen LogP contribution in [0.4, 0.5) is 5.69 Å². The number of cyclic esters (lactones) is 1. The number of aliphatic hydroxyl groups excluding tert-OH is 1. The maximum Gasteiger partial charge on any atom is 0.313 e. The minimum Gasteiger partial charge on any atom is -0.455 e. The topological polar surface area (TPSA) is 117 Å². The van der Waals surface area contributed by atoms with Crippen LogP contribution in [-0.2, 0) is 28.7 Å². The Kier molecular flexibility index (Phi) is 9.53. The molecular weight excluding hydrogens is 634 g/mol. The predicted octanol–water partition coefficient (Wildman–Crippen LogP) is 4.38. The molecule has 2 saturated heterocycles. The molecule has 0 saturated carbocycles. The lowest BCUT2D eigenvalue weighted by atomic mass is 9.74. The van der Waals surface area contributed by atoms with Crippen LogP contribution >= 0.6 is 11.6 Å². The Labute approximate surface area is 285 Å². The molecule has 6 rings (SSSR count). The van der Waals surface area contributed by atoms with Crippen LogP contribution in [0, 0.1) is 18.8 Å². The van der Waals surface area contributed by atoms with Gasteiger partial charge in [0.05, 0.1) is 41.4 Å². The molecule has 11 heteroatoms. The average molecular weight is 676 g/mol. The number of esters is 1. The van der Waals surface area contributed by atoms with E-state index in [1.165, 1.54) is 9.80 Å². The maximum absolute atomic E-state index is 15.0. The number of hydrogen-bond donors (Lipinski definition) is 1. The Morgan fingerprint density at radius 1 is 1.04 bits per heavy atom. The molecule has 1 N–H and O–H groups in total. The van der Waals surface area contributed by atoms with E-state index < -0.39 is 65.6 Å². The van der Waals surface area contributed by atoms with Gasteiger partial charge in [-0.25, -0.2) is 0 Å². The molecule has 5 bridgehead atoms. The second-order valence-electron chi connectivity index (χ2n) is 13.1. The maximum atomic E-state index is 15.0. The summed E-state index contributed by atoms with van der Waals surface area (Å²) in [5, 5.41) is 10.8. The molecule has 4 aliphatic rings. The van der Waals surface area contributed by atoms with E-state index >= 15 is 4.79 Å². The van der Waals surface area contributed by atoms with Crippen LogP contribution in [0.2, 0.25) is 5.02 Å². The zero-order chi connectivity index (χ0) is 34.3. The highest BCUT2D eigenvalue weighted by atomic mass is 35.5. The highest BCUT2D eigenvalue weighted by Gasteiger charge is 2.74. The number of para-hydroxylation sites is 1. The van der Waals surface area contributed by atoms with Gasteiger partial charge in [0, 0.05) is 20.0 Å². The molecule has 10 nitrogen and oxygen atoms in total. The van der Waals surface area contributed by atoms with E-state index in [4.69, 9.17) is 21.1 Å². The van der Waals surface area contributed by atoms with Gasteiger partial charge in [-0.2, -0.15) is 0 Å². The largest absolute Gasteiger partial charge is 0.455 e. The molecule has 3 amide bonds. The van der Waals surface area contributed by atoms with E-state index in [1.807, 2.05) is 69.3 Å². The average Bonchev–Trinajstić information content (AvgIpc) is 3.73. The number of likely N-dealkylation sites (N-methyl/N-ethyl adjacent to an activating group) is 1. The van der Waals surface area contributed by atoms with Crippen molar-refractivity contribution in [3.63, 3.8) is 0 Å². The molecule has 4 aliphatic heterocycles. The molecule has 2 aromatic rings. The number of amides is 3. The first kappa shape index (κ1) is 33.9. The number of halogens is 1. The third-order valence-corrected chi connectivity index (χ3v) is 10.7. The van der Waals surface area contributed by atoms with Crippen molar-refractivity contribution in [1.29, 1.82) is 0 Å². The molecule has 0 unspecified atom stereocenters. The van der Waals surface area contributed by atoms with Crippen LogP contribution < -0.4 is 4.90 Å². The number of aliphatic hydroxyl groups is 1. The van der Waals surface area contributed by atoms with E-state index in [-0.39, 0.29) is 25.5 Å². The number of nitrogens with zero attached hydrogens (tertiary/aromatic N) is 3. The van der Waals surface area contributed by atoms with Gasteiger partial charge < -0.3 is 29.3 Å². The zero-order valence-electron chi connectivity index (χ0n) is 27.6. The van der Waals surface area contributed by atoms with Gasteiger partial charge in [0.25, 0.3) is 5.91 Å². The van der Waals surface area contributed by atoms with Crippen LogP contribution in [0.3, 0.4) is 0 Å². The second kappa shape index (κ2) is 13.5. The molecule has 254 valence electrons. The van der Waals surface area contributed by atoms with E-state index in [0.717, 1.165) is 5.56 Å². The molecule has 0 aliphatic carbocycles. The van der Waals surface area contributed by atoms with Crippen LogP contribution in [0.5, 0.6) is 0 Å². The molecule has 8 atom stereocenters. The molecule has 2 fully saturated rings. The van der Waals surface area contributed by atoms with Gasteiger partial charge in [-0.1, -0.05) is 85.3 Å². The van der Waals surface area contributed by atoms with Gasteiger partial charge in [-0.05, 0) is 43.9 Å². The van der Waals surface area contributed by atoms with Gasteiger partial charge in [-0.3, -0.25) is 19.2 Å². The highest BCUT2D eigenvalue weighted by molar-refractivity contribution is 6.34. The minimum absolute atomic E-state index is 0.105. The molecule has 0 radical (unpaired) electrons. The first-order valence-electron chi connectivity index (χ1n) is 16.6. The number of fused-ring (bicyclic) bond motifs is 2. The van der Waals surface area contributed by atoms with Crippen LogP contribution in [-0.4, -0.2) is 88.6 Å². The summed E-state index contributed by atoms with van der Waals surface area (Å²) in [7, 11) is 1.69. The summed E-state index contributed by atoms with van der Waals surface area (Å²) in [4.78, 5) is 61.9. The van der Waals surface area contributed by atoms with Gasteiger partial charge in [0.2, 0.25) is 11.8 Å². The van der Waals surface area contributed by atoms with Crippen molar-refractivity contribution in [3.8, 4) is 0 Å². The van der Waals surface area contributed by atoms with Crippen molar-refractivity contribution in [2.24, 2.45) is 11.8 Å². The summed E-state index contributed by atoms with van der Waals surface area (Å²) in [5.74, 6) is -3.81. The van der Waals surface area contributed by atoms with Gasteiger partial charge in [0.15, 0.2) is 0 Å². The standard InChI is InChI=1S/C37H42ClN3O7/c1-5-25(21-42)41-33-35(45)40(31-22(2)13-12-16-26(31)38)20-11-7-10-17-28(43)39(4)23(3)32(24-14-8-6-9-15-24)47-36(46)29-27-18-19-37(33,48-27)30(29)34(41)44/h6-9,11-16,18-19,23,25,27,29-30,32-33,42H,5,10,17,20-21H2,1-4H3/b11-7-/t23-,25+,27+,29-,30-,32+,33+,37-/m1/s1. The van der Waals surface area contributed by atoms with Gasteiger partial charge in [0.1, 0.15) is 23.7 Å². The summed E-state index contributed by atoms with van der Waals surface area (Å²) < 4.78 is 12.8. The van der Waals surface area contributed by atoms with E-state index in [0.29, 0.717) is 29.1 Å². The summed E-state index contributed by atoms with van der Waals surface area (Å²) in [6, 6.07) is 12.1. The van der Waals surface area contributed by atoms with Crippen LogP contribution in [0.1, 0.15) is 50.3 Å². The quantitative estimate of drug-likeness (QED) is 0.369. The number of allylic oxidation sites excluding steroid dienone is 1. The van der Waals surface area contributed by atoms with Crippen molar-refractivity contribution >= 4 is 41.0 Å². The first-order chi connectivity index (χ1) is 23.0. The van der Waals surface area contributed by atoms with Gasteiger partial charge >= 0.3 is 5.97 Å². The molecule has 48 heavy (non-hydrogen) atoms. The third-order valence-electron chi connectivity index (χ3n) is 10.4. The summed E-state index contributed by atoms with van der Waals surface area (Å²) in [6.45, 7) is 5.25. The van der Waals surface area contributed by atoms with Crippen LogP contribution in [0.15, 0.2) is 72.8 Å². The lowest BCUT2D eigenvalue weighted by Gasteiger charge is -2.39. The monoisotopic (exact) mass is 675 g/mol.